The van der Waals surface area contributed by atoms with Crippen LogP contribution in [0.3, 0.4) is 0 Å². The lowest BCUT2D eigenvalue weighted by Gasteiger charge is -2.34. The van der Waals surface area contributed by atoms with Crippen molar-refractivity contribution >= 4 is 5.91 Å². The first kappa shape index (κ1) is 14.8. The molecule has 0 aromatic heterocycles. The molecule has 1 aliphatic carbocycles. The predicted molar refractivity (Wildman–Crippen MR) is 75.8 cm³/mol. The summed E-state index contributed by atoms with van der Waals surface area (Å²) in [5, 5.41) is 0. The molecular weight excluding hydrogens is 240 g/mol. The normalized spacial score (nSPS) is 33.2. The number of amides is 1. The molecule has 0 spiro atoms. The first-order valence-corrected chi connectivity index (χ1v) is 7.83. The summed E-state index contributed by atoms with van der Waals surface area (Å²) in [5.41, 5.74) is 5.47. The van der Waals surface area contributed by atoms with Crippen LogP contribution < -0.4 is 5.73 Å². The van der Waals surface area contributed by atoms with Crippen molar-refractivity contribution in [3.8, 4) is 0 Å². The van der Waals surface area contributed by atoms with E-state index in [1.807, 2.05) is 0 Å². The topological polar surface area (TPSA) is 55.6 Å². The van der Waals surface area contributed by atoms with Gasteiger partial charge in [0, 0.05) is 6.54 Å². The highest BCUT2D eigenvalue weighted by atomic mass is 16.5. The van der Waals surface area contributed by atoms with E-state index >= 15 is 0 Å². The average molecular weight is 268 g/mol. The Labute approximate surface area is 116 Å². The molecule has 1 amide bonds. The minimum atomic E-state index is -0.175. The minimum absolute atomic E-state index is 0.0684. The van der Waals surface area contributed by atoms with Crippen molar-refractivity contribution in [2.45, 2.75) is 64.0 Å². The first-order chi connectivity index (χ1) is 9.18. The van der Waals surface area contributed by atoms with Gasteiger partial charge in [-0.25, -0.2) is 0 Å². The molecule has 0 aromatic rings. The van der Waals surface area contributed by atoms with Crippen LogP contribution in [0, 0.1) is 5.92 Å². The smallest absolute Gasteiger partial charge is 0.234 e. The Bertz CT molecular complexity index is 296. The molecule has 1 saturated carbocycles. The van der Waals surface area contributed by atoms with Crippen LogP contribution in [0.2, 0.25) is 0 Å². The van der Waals surface area contributed by atoms with Crippen molar-refractivity contribution in [3.63, 3.8) is 0 Å². The van der Waals surface area contributed by atoms with Crippen molar-refractivity contribution in [2.24, 2.45) is 11.7 Å². The molecule has 1 heterocycles. The Morgan fingerprint density at radius 2 is 1.95 bits per heavy atom. The second-order valence-corrected chi connectivity index (χ2v) is 6.12. The Morgan fingerprint density at radius 3 is 2.68 bits per heavy atom. The molecule has 2 aliphatic rings. The zero-order valence-electron chi connectivity index (χ0n) is 12.1. The van der Waals surface area contributed by atoms with Gasteiger partial charge in [0.25, 0.3) is 0 Å². The largest absolute Gasteiger partial charge is 0.377 e. The van der Waals surface area contributed by atoms with E-state index in [9.17, 15) is 4.79 Å². The van der Waals surface area contributed by atoms with E-state index in [2.05, 4.69) is 11.8 Å². The highest BCUT2D eigenvalue weighted by Gasteiger charge is 2.27. The molecule has 110 valence electrons. The standard InChI is InChI=1S/C15H28N2O2/c1-12-6-2-3-8-14(12)19-11-10-17-9-5-4-7-13(17)15(16)18/h12-14H,2-11H2,1H3,(H2,16,18)/t12-,13-,14+/m1/s1. The number of primary amides is 1. The Hall–Kier alpha value is -0.610. The molecule has 3 atom stereocenters. The number of likely N-dealkylation sites (tertiary alicyclic amines) is 1. The maximum Gasteiger partial charge on any atom is 0.234 e. The number of hydrogen-bond donors (Lipinski definition) is 1. The number of carbonyl (C=O) groups is 1. The van der Waals surface area contributed by atoms with E-state index < -0.39 is 0 Å². The van der Waals surface area contributed by atoms with E-state index in [1.165, 1.54) is 32.1 Å². The average Bonchev–Trinajstić information content (AvgIpc) is 2.41. The summed E-state index contributed by atoms with van der Waals surface area (Å²) in [5.74, 6) is 0.507. The van der Waals surface area contributed by atoms with Gasteiger partial charge in [0.1, 0.15) is 0 Å². The maximum atomic E-state index is 11.4. The SMILES string of the molecule is C[C@@H]1CCCC[C@@H]1OCCN1CCCC[C@@H]1C(N)=O. The summed E-state index contributed by atoms with van der Waals surface area (Å²) in [6.07, 6.45) is 8.74. The Kier molecular flexibility index (Phi) is 5.64. The van der Waals surface area contributed by atoms with Crippen LogP contribution in [0.4, 0.5) is 0 Å². The third-order valence-corrected chi connectivity index (χ3v) is 4.69. The predicted octanol–water partition coefficient (Wildman–Crippen LogP) is 1.92. The quantitative estimate of drug-likeness (QED) is 0.829. The Morgan fingerprint density at radius 1 is 1.21 bits per heavy atom. The zero-order valence-corrected chi connectivity index (χ0v) is 12.1. The zero-order chi connectivity index (χ0) is 13.7. The van der Waals surface area contributed by atoms with Crippen molar-refractivity contribution in [1.29, 1.82) is 0 Å². The summed E-state index contributed by atoms with van der Waals surface area (Å²) in [6.45, 7) is 4.85. The lowest BCUT2D eigenvalue weighted by Crippen LogP contribution is -2.49. The monoisotopic (exact) mass is 268 g/mol. The van der Waals surface area contributed by atoms with E-state index in [4.69, 9.17) is 10.5 Å². The number of nitrogens with zero attached hydrogens (tertiary/aromatic N) is 1. The van der Waals surface area contributed by atoms with Crippen molar-refractivity contribution < 1.29 is 9.53 Å². The number of piperidine rings is 1. The number of rotatable bonds is 5. The molecular formula is C15H28N2O2. The summed E-state index contributed by atoms with van der Waals surface area (Å²) in [4.78, 5) is 13.6. The fraction of sp³-hybridized carbons (Fsp3) is 0.933. The number of nitrogens with two attached hydrogens (primary N) is 1. The van der Waals surface area contributed by atoms with E-state index in [0.29, 0.717) is 12.0 Å². The fourth-order valence-electron chi connectivity index (χ4n) is 3.43. The van der Waals surface area contributed by atoms with Gasteiger partial charge in [-0.05, 0) is 38.1 Å². The second kappa shape index (κ2) is 7.25. The van der Waals surface area contributed by atoms with Gasteiger partial charge in [0.2, 0.25) is 5.91 Å². The van der Waals surface area contributed by atoms with Gasteiger partial charge < -0.3 is 10.5 Å². The molecule has 0 aromatic carbocycles. The molecule has 4 nitrogen and oxygen atoms in total. The van der Waals surface area contributed by atoms with Crippen molar-refractivity contribution in [3.05, 3.63) is 0 Å². The molecule has 2 rings (SSSR count). The van der Waals surface area contributed by atoms with Crippen LogP contribution in [0.5, 0.6) is 0 Å². The van der Waals surface area contributed by atoms with Crippen LogP contribution >= 0.6 is 0 Å². The highest BCUT2D eigenvalue weighted by molar-refractivity contribution is 5.79. The molecule has 1 aliphatic heterocycles. The molecule has 0 unspecified atom stereocenters. The third kappa shape index (κ3) is 4.18. The molecule has 4 heteroatoms. The van der Waals surface area contributed by atoms with Crippen molar-refractivity contribution in [1.82, 2.24) is 4.90 Å². The van der Waals surface area contributed by atoms with Crippen LogP contribution in [0.25, 0.3) is 0 Å². The minimum Gasteiger partial charge on any atom is -0.377 e. The number of ether oxygens (including phenoxy) is 1. The van der Waals surface area contributed by atoms with Crippen LogP contribution in [-0.4, -0.2) is 42.6 Å². The molecule has 0 bridgehead atoms. The van der Waals surface area contributed by atoms with Gasteiger partial charge >= 0.3 is 0 Å². The molecule has 1 saturated heterocycles. The molecule has 2 fully saturated rings. The summed E-state index contributed by atoms with van der Waals surface area (Å²) < 4.78 is 6.03. The lowest BCUT2D eigenvalue weighted by atomic mass is 9.88. The van der Waals surface area contributed by atoms with Crippen molar-refractivity contribution in [2.75, 3.05) is 19.7 Å². The molecule has 2 N–H and O–H groups in total. The number of hydrogen-bond acceptors (Lipinski definition) is 3. The van der Waals surface area contributed by atoms with E-state index in [0.717, 1.165) is 32.5 Å². The van der Waals surface area contributed by atoms with Gasteiger partial charge in [-0.15, -0.1) is 0 Å². The summed E-state index contributed by atoms with van der Waals surface area (Å²) >= 11 is 0. The molecule has 19 heavy (non-hydrogen) atoms. The lowest BCUT2D eigenvalue weighted by molar-refractivity contribution is -0.125. The van der Waals surface area contributed by atoms with Crippen LogP contribution in [0.15, 0.2) is 0 Å². The molecule has 0 radical (unpaired) electrons. The summed E-state index contributed by atoms with van der Waals surface area (Å²) in [6, 6.07) is -0.0684. The first-order valence-electron chi connectivity index (χ1n) is 7.83. The van der Waals surface area contributed by atoms with Gasteiger partial charge in [0.05, 0.1) is 18.8 Å². The fourth-order valence-corrected chi connectivity index (χ4v) is 3.43. The van der Waals surface area contributed by atoms with E-state index in [1.54, 1.807) is 0 Å². The second-order valence-electron chi connectivity index (χ2n) is 6.12. The summed E-state index contributed by atoms with van der Waals surface area (Å²) in [7, 11) is 0. The van der Waals surface area contributed by atoms with Crippen LogP contribution in [-0.2, 0) is 9.53 Å². The van der Waals surface area contributed by atoms with Gasteiger partial charge in [-0.3, -0.25) is 9.69 Å². The highest BCUT2D eigenvalue weighted by Crippen LogP contribution is 2.26. The van der Waals surface area contributed by atoms with E-state index in [-0.39, 0.29) is 11.9 Å². The number of carbonyl (C=O) groups excluding carboxylic acids is 1. The van der Waals surface area contributed by atoms with Gasteiger partial charge in [-0.2, -0.15) is 0 Å². The maximum absolute atomic E-state index is 11.4. The Balaban J connectivity index is 1.73. The van der Waals surface area contributed by atoms with Crippen LogP contribution in [0.1, 0.15) is 51.9 Å². The third-order valence-electron chi connectivity index (χ3n) is 4.69. The van der Waals surface area contributed by atoms with Gasteiger partial charge in [-0.1, -0.05) is 26.2 Å². The van der Waals surface area contributed by atoms with Gasteiger partial charge in [0.15, 0.2) is 0 Å².